The van der Waals surface area contributed by atoms with Crippen molar-refractivity contribution in [1.29, 1.82) is 0 Å². The Morgan fingerprint density at radius 1 is 1.22 bits per heavy atom. The van der Waals surface area contributed by atoms with Gasteiger partial charge in [0.05, 0.1) is 30.4 Å². The second-order valence-electron chi connectivity index (χ2n) is 5.88. The molecule has 0 aliphatic carbocycles. The largest absolute Gasteiger partial charge is 0.497 e. The molecule has 1 amide bonds. The molecule has 1 aromatic heterocycles. The van der Waals surface area contributed by atoms with Gasteiger partial charge in [0.15, 0.2) is 4.80 Å². The zero-order valence-electron chi connectivity index (χ0n) is 15.3. The van der Waals surface area contributed by atoms with Crippen LogP contribution >= 0.6 is 22.9 Å². The smallest absolute Gasteiger partial charge is 0.252 e. The van der Waals surface area contributed by atoms with Gasteiger partial charge in [-0.25, -0.2) is 0 Å². The van der Waals surface area contributed by atoms with Gasteiger partial charge in [0.25, 0.3) is 5.91 Å². The van der Waals surface area contributed by atoms with Gasteiger partial charge in [0.1, 0.15) is 5.75 Å². The molecule has 0 bridgehead atoms. The average molecular weight is 405 g/mol. The minimum absolute atomic E-state index is 0.194. The number of benzene rings is 2. The summed E-state index contributed by atoms with van der Waals surface area (Å²) in [4.78, 5) is 17.5. The summed E-state index contributed by atoms with van der Waals surface area (Å²) in [7, 11) is 1.64. The Bertz CT molecular complexity index is 993. The molecule has 1 heterocycles. The van der Waals surface area contributed by atoms with E-state index in [9.17, 15) is 4.79 Å². The number of hydrogen-bond donors (Lipinski definition) is 0. The lowest BCUT2D eigenvalue weighted by Crippen LogP contribution is -2.20. The maximum absolute atomic E-state index is 12.5. The van der Waals surface area contributed by atoms with E-state index < -0.39 is 0 Å². The number of hydrogen-bond acceptors (Lipinski definition) is 4. The van der Waals surface area contributed by atoms with Gasteiger partial charge in [-0.1, -0.05) is 35.1 Å². The zero-order chi connectivity index (χ0) is 19.2. The molecule has 142 valence electrons. The second kappa shape index (κ2) is 9.17. The van der Waals surface area contributed by atoms with Crippen molar-refractivity contribution in [1.82, 2.24) is 4.57 Å². The van der Waals surface area contributed by atoms with Gasteiger partial charge in [-0.15, -0.1) is 0 Å². The highest BCUT2D eigenvalue weighted by Crippen LogP contribution is 2.23. The molecule has 27 heavy (non-hydrogen) atoms. The Labute approximate surface area is 166 Å². The minimum atomic E-state index is -0.194. The summed E-state index contributed by atoms with van der Waals surface area (Å²) in [6.45, 7) is 3.81. The number of halogens is 1. The Balaban J connectivity index is 1.94. The van der Waals surface area contributed by atoms with Crippen LogP contribution in [-0.2, 0) is 22.5 Å². The highest BCUT2D eigenvalue weighted by Gasteiger charge is 2.10. The van der Waals surface area contributed by atoms with E-state index in [0.717, 1.165) is 21.5 Å². The number of fused-ring (bicyclic) bond motifs is 1. The van der Waals surface area contributed by atoms with Crippen molar-refractivity contribution in [3.05, 3.63) is 57.9 Å². The van der Waals surface area contributed by atoms with Crippen LogP contribution in [-0.4, -0.2) is 30.8 Å². The SMILES string of the molecule is CCOCCn1c(=NC(=O)Cc2ccc(Cl)cc2)sc2cc(OC)ccc21. The Hall–Kier alpha value is -2.15. The summed E-state index contributed by atoms with van der Waals surface area (Å²) in [6, 6.07) is 13.1. The van der Waals surface area contributed by atoms with E-state index in [1.54, 1.807) is 19.2 Å². The monoisotopic (exact) mass is 404 g/mol. The average Bonchev–Trinajstić information content (AvgIpc) is 3.00. The van der Waals surface area contributed by atoms with Crippen LogP contribution in [0, 0.1) is 0 Å². The highest BCUT2D eigenvalue weighted by molar-refractivity contribution is 7.16. The van der Waals surface area contributed by atoms with Crippen molar-refractivity contribution in [2.24, 2.45) is 4.99 Å². The number of rotatable bonds is 7. The Kier molecular flexibility index (Phi) is 6.66. The van der Waals surface area contributed by atoms with Gasteiger partial charge in [-0.2, -0.15) is 4.99 Å². The second-order valence-corrected chi connectivity index (χ2v) is 7.32. The topological polar surface area (TPSA) is 52.8 Å². The third-order valence-corrected chi connectivity index (χ3v) is 5.34. The molecule has 0 spiro atoms. The summed E-state index contributed by atoms with van der Waals surface area (Å²) in [5, 5.41) is 0.648. The van der Waals surface area contributed by atoms with E-state index >= 15 is 0 Å². The molecule has 2 aromatic carbocycles. The number of nitrogens with zero attached hydrogens (tertiary/aromatic N) is 2. The van der Waals surface area contributed by atoms with Crippen LogP contribution in [0.4, 0.5) is 0 Å². The molecule has 0 unspecified atom stereocenters. The lowest BCUT2D eigenvalue weighted by Gasteiger charge is -2.06. The molecule has 3 rings (SSSR count). The van der Waals surface area contributed by atoms with Gasteiger partial charge >= 0.3 is 0 Å². The van der Waals surface area contributed by atoms with E-state index in [1.165, 1.54) is 11.3 Å². The molecule has 0 radical (unpaired) electrons. The van der Waals surface area contributed by atoms with Crippen molar-refractivity contribution >= 4 is 39.1 Å². The molecule has 0 fully saturated rings. The molecular weight excluding hydrogens is 384 g/mol. The highest BCUT2D eigenvalue weighted by atomic mass is 35.5. The van der Waals surface area contributed by atoms with E-state index in [2.05, 4.69) is 4.99 Å². The number of carbonyl (C=O) groups is 1. The van der Waals surface area contributed by atoms with Crippen LogP contribution in [0.1, 0.15) is 12.5 Å². The van der Waals surface area contributed by atoms with Gasteiger partial charge in [0, 0.05) is 18.2 Å². The van der Waals surface area contributed by atoms with Crippen molar-refractivity contribution in [3.63, 3.8) is 0 Å². The predicted molar refractivity (Wildman–Crippen MR) is 109 cm³/mol. The van der Waals surface area contributed by atoms with Crippen LogP contribution in [0.5, 0.6) is 5.75 Å². The van der Waals surface area contributed by atoms with Crippen LogP contribution in [0.2, 0.25) is 5.02 Å². The molecular formula is C20H21ClN2O3S. The first kappa shape index (κ1) is 19.6. The van der Waals surface area contributed by atoms with Crippen molar-refractivity contribution < 1.29 is 14.3 Å². The molecule has 0 atom stereocenters. The van der Waals surface area contributed by atoms with Gasteiger partial charge in [-0.05, 0) is 42.8 Å². The van der Waals surface area contributed by atoms with Crippen molar-refractivity contribution in [2.75, 3.05) is 20.3 Å². The summed E-state index contributed by atoms with van der Waals surface area (Å²) < 4.78 is 13.8. The quantitative estimate of drug-likeness (QED) is 0.558. The summed E-state index contributed by atoms with van der Waals surface area (Å²) in [5.41, 5.74) is 1.90. The lowest BCUT2D eigenvalue weighted by molar-refractivity contribution is -0.117. The number of amides is 1. The van der Waals surface area contributed by atoms with Crippen LogP contribution in [0.25, 0.3) is 10.2 Å². The molecule has 0 N–H and O–H groups in total. The van der Waals surface area contributed by atoms with E-state index in [4.69, 9.17) is 21.1 Å². The van der Waals surface area contributed by atoms with E-state index in [-0.39, 0.29) is 12.3 Å². The fourth-order valence-corrected chi connectivity index (χ4v) is 3.93. The summed E-state index contributed by atoms with van der Waals surface area (Å²) in [6.07, 6.45) is 0.236. The summed E-state index contributed by atoms with van der Waals surface area (Å²) in [5.74, 6) is 0.584. The Morgan fingerprint density at radius 2 is 2.00 bits per heavy atom. The van der Waals surface area contributed by atoms with Crippen LogP contribution in [0.3, 0.4) is 0 Å². The maximum atomic E-state index is 12.5. The van der Waals surface area contributed by atoms with Gasteiger partial charge in [-0.3, -0.25) is 4.79 Å². The molecule has 5 nitrogen and oxygen atoms in total. The fourth-order valence-electron chi connectivity index (χ4n) is 2.71. The first-order chi connectivity index (χ1) is 13.1. The van der Waals surface area contributed by atoms with Gasteiger partial charge < -0.3 is 14.0 Å². The molecule has 0 saturated carbocycles. The predicted octanol–water partition coefficient (Wildman–Crippen LogP) is 4.07. The number of carbonyl (C=O) groups excluding carboxylic acids is 1. The molecule has 0 saturated heterocycles. The number of thiazole rings is 1. The molecule has 0 aliphatic heterocycles. The number of methoxy groups -OCH3 is 1. The first-order valence-electron chi connectivity index (χ1n) is 8.68. The Morgan fingerprint density at radius 3 is 2.70 bits per heavy atom. The van der Waals surface area contributed by atoms with Crippen LogP contribution in [0.15, 0.2) is 47.5 Å². The maximum Gasteiger partial charge on any atom is 0.252 e. The third-order valence-electron chi connectivity index (χ3n) is 4.04. The van der Waals surface area contributed by atoms with Gasteiger partial charge in [0.2, 0.25) is 0 Å². The van der Waals surface area contributed by atoms with Crippen LogP contribution < -0.4 is 9.54 Å². The van der Waals surface area contributed by atoms with E-state index in [0.29, 0.717) is 29.6 Å². The summed E-state index contributed by atoms with van der Waals surface area (Å²) >= 11 is 7.37. The van der Waals surface area contributed by atoms with Crippen molar-refractivity contribution in [2.45, 2.75) is 19.9 Å². The third kappa shape index (κ3) is 4.97. The molecule has 0 aliphatic rings. The van der Waals surface area contributed by atoms with Crippen molar-refractivity contribution in [3.8, 4) is 5.75 Å². The van der Waals surface area contributed by atoms with E-state index in [1.807, 2.05) is 41.8 Å². The number of ether oxygens (including phenoxy) is 2. The number of aromatic nitrogens is 1. The lowest BCUT2D eigenvalue weighted by atomic mass is 10.1. The first-order valence-corrected chi connectivity index (χ1v) is 9.87. The fraction of sp³-hybridized carbons (Fsp3) is 0.300. The molecule has 7 heteroatoms. The molecule has 3 aromatic rings. The normalized spacial score (nSPS) is 11.9. The standard InChI is InChI=1S/C20H21ClN2O3S/c1-3-26-11-10-23-17-9-8-16(25-2)13-18(17)27-20(23)22-19(24)12-14-4-6-15(21)7-5-14/h4-9,13H,3,10-12H2,1-2H3. The zero-order valence-corrected chi connectivity index (χ0v) is 16.8. The minimum Gasteiger partial charge on any atom is -0.497 e.